The number of hydrogen-bond donors (Lipinski definition) is 3. The number of rotatable bonds is 5. The van der Waals surface area contributed by atoms with Crippen molar-refractivity contribution in [3.63, 3.8) is 0 Å². The van der Waals surface area contributed by atoms with Crippen LogP contribution in [-0.2, 0) is 0 Å². The minimum absolute atomic E-state index is 0.239. The molecule has 0 fully saturated rings. The minimum Gasteiger partial charge on any atom is -0.497 e. The molecule has 2 amide bonds. The van der Waals surface area contributed by atoms with Gasteiger partial charge in [0.25, 0.3) is 11.8 Å². The Morgan fingerprint density at radius 2 is 1.11 bits per heavy atom. The van der Waals surface area contributed by atoms with E-state index in [9.17, 15) is 9.59 Å². The van der Waals surface area contributed by atoms with E-state index in [1.165, 1.54) is 0 Å². The second-order valence-electron chi connectivity index (χ2n) is 5.84. The maximum Gasteiger partial charge on any atom is 0.255 e. The SMILES string of the molecule is COc1ccc(NC(=O)c2ccc(NC(=O)c3ccc(N)cc3)cc2)cc1. The summed E-state index contributed by atoms with van der Waals surface area (Å²) in [6.07, 6.45) is 0. The highest BCUT2D eigenvalue weighted by molar-refractivity contribution is 6.06. The number of amides is 2. The standard InChI is InChI=1S/C21H19N3O3/c1-27-19-12-10-18(11-13-19)24-21(26)15-4-8-17(9-5-15)23-20(25)14-2-6-16(22)7-3-14/h2-13H,22H2,1H3,(H,23,25)(H,24,26). The molecule has 0 aromatic heterocycles. The predicted molar refractivity (Wildman–Crippen MR) is 106 cm³/mol. The number of ether oxygens (including phenoxy) is 1. The number of carbonyl (C=O) groups excluding carboxylic acids is 2. The highest BCUT2D eigenvalue weighted by atomic mass is 16.5. The fourth-order valence-electron chi connectivity index (χ4n) is 2.42. The summed E-state index contributed by atoms with van der Waals surface area (Å²) in [5.41, 5.74) is 8.47. The second-order valence-corrected chi connectivity index (χ2v) is 5.84. The van der Waals surface area contributed by atoms with Crippen LogP contribution in [0.15, 0.2) is 72.8 Å². The van der Waals surface area contributed by atoms with Crippen LogP contribution in [0.25, 0.3) is 0 Å². The summed E-state index contributed by atoms with van der Waals surface area (Å²) >= 11 is 0. The van der Waals surface area contributed by atoms with Crippen molar-refractivity contribution in [2.75, 3.05) is 23.5 Å². The van der Waals surface area contributed by atoms with E-state index in [-0.39, 0.29) is 11.8 Å². The maximum atomic E-state index is 12.3. The van der Waals surface area contributed by atoms with Crippen molar-refractivity contribution in [2.24, 2.45) is 0 Å². The van der Waals surface area contributed by atoms with Crippen LogP contribution >= 0.6 is 0 Å². The molecule has 0 spiro atoms. The molecule has 3 rings (SSSR count). The van der Waals surface area contributed by atoms with Crippen LogP contribution in [0.2, 0.25) is 0 Å². The van der Waals surface area contributed by atoms with Crippen LogP contribution in [0.1, 0.15) is 20.7 Å². The van der Waals surface area contributed by atoms with Gasteiger partial charge in [-0.1, -0.05) is 0 Å². The summed E-state index contributed by atoms with van der Waals surface area (Å²) in [5, 5.41) is 5.59. The molecular weight excluding hydrogens is 342 g/mol. The van der Waals surface area contributed by atoms with Gasteiger partial charge in [-0.2, -0.15) is 0 Å². The van der Waals surface area contributed by atoms with Crippen LogP contribution in [0.4, 0.5) is 17.1 Å². The Morgan fingerprint density at radius 1 is 0.704 bits per heavy atom. The van der Waals surface area contributed by atoms with Crippen molar-refractivity contribution in [1.29, 1.82) is 0 Å². The van der Waals surface area contributed by atoms with Crippen molar-refractivity contribution in [3.05, 3.63) is 83.9 Å². The number of carbonyl (C=O) groups is 2. The fraction of sp³-hybridized carbons (Fsp3) is 0.0476. The summed E-state index contributed by atoms with van der Waals surface area (Å²) in [5.74, 6) is 0.233. The highest BCUT2D eigenvalue weighted by Crippen LogP contribution is 2.17. The molecule has 27 heavy (non-hydrogen) atoms. The molecule has 0 aliphatic carbocycles. The Bertz CT molecular complexity index is 934. The van der Waals surface area contributed by atoms with E-state index in [1.807, 2.05) is 0 Å². The van der Waals surface area contributed by atoms with E-state index in [4.69, 9.17) is 10.5 Å². The monoisotopic (exact) mass is 361 g/mol. The summed E-state index contributed by atoms with van der Waals surface area (Å²) in [6.45, 7) is 0. The number of benzene rings is 3. The Balaban J connectivity index is 1.62. The average molecular weight is 361 g/mol. The molecule has 0 radical (unpaired) electrons. The van der Waals surface area contributed by atoms with Crippen LogP contribution in [0.5, 0.6) is 5.75 Å². The number of nitrogens with two attached hydrogens (primary N) is 1. The van der Waals surface area contributed by atoms with Crippen molar-refractivity contribution in [2.45, 2.75) is 0 Å². The van der Waals surface area contributed by atoms with Gasteiger partial charge in [-0.15, -0.1) is 0 Å². The van der Waals surface area contributed by atoms with Gasteiger partial charge in [0.1, 0.15) is 5.75 Å². The van der Waals surface area contributed by atoms with E-state index < -0.39 is 0 Å². The third-order valence-electron chi connectivity index (χ3n) is 3.93. The first-order valence-corrected chi connectivity index (χ1v) is 8.27. The summed E-state index contributed by atoms with van der Waals surface area (Å²) < 4.78 is 5.09. The number of nitrogen functional groups attached to an aromatic ring is 1. The molecule has 6 nitrogen and oxygen atoms in total. The molecular formula is C21H19N3O3. The Kier molecular flexibility index (Phi) is 5.37. The summed E-state index contributed by atoms with van der Waals surface area (Å²) in [6, 6.07) is 20.4. The first-order chi connectivity index (χ1) is 13.0. The summed E-state index contributed by atoms with van der Waals surface area (Å²) in [7, 11) is 1.58. The third-order valence-corrected chi connectivity index (χ3v) is 3.93. The predicted octanol–water partition coefficient (Wildman–Crippen LogP) is 3.78. The van der Waals surface area contributed by atoms with Gasteiger partial charge in [-0.3, -0.25) is 9.59 Å². The van der Waals surface area contributed by atoms with Gasteiger partial charge in [0.15, 0.2) is 0 Å². The Labute approximate surface area is 157 Å². The van der Waals surface area contributed by atoms with E-state index in [0.29, 0.717) is 33.9 Å². The highest BCUT2D eigenvalue weighted by Gasteiger charge is 2.09. The van der Waals surface area contributed by atoms with Crippen molar-refractivity contribution in [1.82, 2.24) is 0 Å². The number of nitrogens with one attached hydrogen (secondary N) is 2. The topological polar surface area (TPSA) is 93.5 Å². The van der Waals surface area contributed by atoms with Crippen LogP contribution in [-0.4, -0.2) is 18.9 Å². The minimum atomic E-state index is -0.245. The zero-order chi connectivity index (χ0) is 19.2. The Morgan fingerprint density at radius 3 is 1.56 bits per heavy atom. The fourth-order valence-corrected chi connectivity index (χ4v) is 2.42. The molecule has 0 heterocycles. The average Bonchev–Trinajstić information content (AvgIpc) is 2.69. The van der Waals surface area contributed by atoms with Crippen molar-refractivity contribution >= 4 is 28.9 Å². The first kappa shape index (κ1) is 18.0. The van der Waals surface area contributed by atoms with Gasteiger partial charge in [0.05, 0.1) is 7.11 Å². The lowest BCUT2D eigenvalue weighted by Gasteiger charge is -2.08. The largest absolute Gasteiger partial charge is 0.497 e. The van der Waals surface area contributed by atoms with Crippen molar-refractivity contribution < 1.29 is 14.3 Å². The molecule has 0 saturated heterocycles. The molecule has 0 aliphatic rings. The molecule has 3 aromatic rings. The van der Waals surface area contributed by atoms with Crippen LogP contribution in [0.3, 0.4) is 0 Å². The molecule has 136 valence electrons. The molecule has 0 saturated carbocycles. The lowest BCUT2D eigenvalue weighted by molar-refractivity contribution is 0.102. The zero-order valence-electron chi connectivity index (χ0n) is 14.7. The second kappa shape index (κ2) is 8.05. The molecule has 3 aromatic carbocycles. The van der Waals surface area contributed by atoms with Crippen molar-refractivity contribution in [3.8, 4) is 5.75 Å². The van der Waals surface area contributed by atoms with Crippen LogP contribution < -0.4 is 21.1 Å². The lowest BCUT2D eigenvalue weighted by atomic mass is 10.1. The summed E-state index contributed by atoms with van der Waals surface area (Å²) in [4.78, 5) is 24.5. The molecule has 0 unspecified atom stereocenters. The lowest BCUT2D eigenvalue weighted by Crippen LogP contribution is -2.13. The Hall–Kier alpha value is -3.80. The van der Waals surface area contributed by atoms with Gasteiger partial charge in [0.2, 0.25) is 0 Å². The van der Waals surface area contributed by atoms with E-state index >= 15 is 0 Å². The molecule has 0 bridgehead atoms. The number of hydrogen-bond acceptors (Lipinski definition) is 4. The normalized spacial score (nSPS) is 10.1. The van der Waals surface area contributed by atoms with Gasteiger partial charge < -0.3 is 21.1 Å². The molecule has 4 N–H and O–H groups in total. The maximum absolute atomic E-state index is 12.3. The van der Waals surface area contributed by atoms with Gasteiger partial charge in [-0.25, -0.2) is 0 Å². The van der Waals surface area contributed by atoms with Gasteiger partial charge in [-0.05, 0) is 72.8 Å². The van der Waals surface area contributed by atoms with Gasteiger partial charge in [0, 0.05) is 28.2 Å². The number of methoxy groups -OCH3 is 1. The molecule has 6 heteroatoms. The smallest absolute Gasteiger partial charge is 0.255 e. The zero-order valence-corrected chi connectivity index (χ0v) is 14.7. The van der Waals surface area contributed by atoms with E-state index in [1.54, 1.807) is 79.9 Å². The number of anilines is 3. The molecule has 0 atom stereocenters. The third kappa shape index (κ3) is 4.64. The molecule has 0 aliphatic heterocycles. The van der Waals surface area contributed by atoms with Gasteiger partial charge >= 0.3 is 0 Å². The quantitative estimate of drug-likeness (QED) is 0.603. The van der Waals surface area contributed by atoms with Crippen LogP contribution in [0, 0.1) is 0 Å². The first-order valence-electron chi connectivity index (χ1n) is 8.27. The van der Waals surface area contributed by atoms with E-state index in [2.05, 4.69) is 10.6 Å². The van der Waals surface area contributed by atoms with E-state index in [0.717, 1.165) is 0 Å².